The average Bonchev–Trinajstić information content (AvgIpc) is 2.70. The molecule has 1 heterocycles. The number of fused-ring (bicyclic) bond motifs is 1. The molecule has 0 fully saturated rings. The molecule has 7 heteroatoms. The Kier molecular flexibility index (Phi) is 4.22. The maximum atomic E-state index is 11.8. The van der Waals surface area contributed by atoms with Crippen molar-refractivity contribution in [1.82, 2.24) is 9.88 Å². The van der Waals surface area contributed by atoms with E-state index >= 15 is 0 Å². The number of nitrogens with zero attached hydrogens (tertiary/aromatic N) is 1. The Morgan fingerprint density at radius 2 is 2.00 bits per heavy atom. The normalized spacial score (nSPS) is 11.8. The van der Waals surface area contributed by atoms with E-state index in [9.17, 15) is 13.2 Å². The maximum Gasteiger partial charge on any atom is 0.240 e. The van der Waals surface area contributed by atoms with Gasteiger partial charge in [0.15, 0.2) is 0 Å². The van der Waals surface area contributed by atoms with Crippen molar-refractivity contribution in [2.24, 2.45) is 0 Å². The Labute approximate surface area is 124 Å². The van der Waals surface area contributed by atoms with Crippen LogP contribution in [0.2, 0.25) is 0 Å². The van der Waals surface area contributed by atoms with Gasteiger partial charge < -0.3 is 9.88 Å². The van der Waals surface area contributed by atoms with E-state index in [1.54, 1.807) is 29.0 Å². The first-order chi connectivity index (χ1) is 9.76. The molecule has 114 valence electrons. The van der Waals surface area contributed by atoms with Crippen molar-refractivity contribution in [2.75, 3.05) is 11.0 Å². The van der Waals surface area contributed by atoms with Crippen LogP contribution in [0.3, 0.4) is 0 Å². The topological polar surface area (TPSA) is 80.2 Å². The summed E-state index contributed by atoms with van der Waals surface area (Å²) in [6, 6.07) is 7.19. The number of aromatic nitrogens is 1. The molecule has 1 aromatic carbocycles. The third-order valence-corrected chi connectivity index (χ3v) is 3.46. The molecule has 2 rings (SSSR count). The van der Waals surface area contributed by atoms with Crippen LogP contribution in [0.1, 0.15) is 13.8 Å². The molecule has 0 saturated carbocycles. The van der Waals surface area contributed by atoms with Crippen LogP contribution in [0.4, 0.5) is 5.69 Å². The van der Waals surface area contributed by atoms with Gasteiger partial charge in [-0.05, 0) is 32.0 Å². The first-order valence-electron chi connectivity index (χ1n) is 6.61. The van der Waals surface area contributed by atoms with Gasteiger partial charge in [0.2, 0.25) is 15.9 Å². The summed E-state index contributed by atoms with van der Waals surface area (Å²) < 4.78 is 27.0. The molecule has 0 aliphatic heterocycles. The van der Waals surface area contributed by atoms with Crippen LogP contribution in [0.15, 0.2) is 30.5 Å². The monoisotopic (exact) mass is 309 g/mol. The zero-order chi connectivity index (χ0) is 15.6. The van der Waals surface area contributed by atoms with Crippen molar-refractivity contribution in [1.29, 1.82) is 0 Å². The number of carbonyl (C=O) groups excluding carboxylic acids is 1. The third-order valence-electron chi connectivity index (χ3n) is 2.87. The fraction of sp³-hybridized carbons (Fsp3) is 0.357. The number of hydrogen-bond acceptors (Lipinski definition) is 3. The van der Waals surface area contributed by atoms with Crippen LogP contribution in [-0.4, -0.2) is 31.2 Å². The van der Waals surface area contributed by atoms with Crippen LogP contribution >= 0.6 is 0 Å². The summed E-state index contributed by atoms with van der Waals surface area (Å²) in [7, 11) is -3.34. The highest BCUT2D eigenvalue weighted by molar-refractivity contribution is 7.92. The minimum Gasteiger partial charge on any atom is -0.352 e. The Balaban J connectivity index is 2.32. The van der Waals surface area contributed by atoms with Crippen molar-refractivity contribution < 1.29 is 13.2 Å². The molecule has 1 aromatic heterocycles. The van der Waals surface area contributed by atoms with Crippen LogP contribution in [0.5, 0.6) is 0 Å². The zero-order valence-corrected chi connectivity index (χ0v) is 13.1. The van der Waals surface area contributed by atoms with Crippen molar-refractivity contribution in [2.45, 2.75) is 26.4 Å². The van der Waals surface area contributed by atoms with E-state index in [0.717, 1.165) is 17.2 Å². The summed E-state index contributed by atoms with van der Waals surface area (Å²) >= 11 is 0. The van der Waals surface area contributed by atoms with E-state index in [0.29, 0.717) is 5.69 Å². The number of benzene rings is 1. The first-order valence-corrected chi connectivity index (χ1v) is 8.50. The second-order valence-corrected chi connectivity index (χ2v) is 7.03. The summed E-state index contributed by atoms with van der Waals surface area (Å²) in [5.74, 6) is -0.0797. The Morgan fingerprint density at radius 3 is 2.62 bits per heavy atom. The molecule has 21 heavy (non-hydrogen) atoms. The molecule has 2 aromatic rings. The Morgan fingerprint density at radius 1 is 1.29 bits per heavy atom. The van der Waals surface area contributed by atoms with E-state index in [1.807, 2.05) is 19.9 Å². The van der Waals surface area contributed by atoms with Crippen LogP contribution in [0.25, 0.3) is 10.9 Å². The van der Waals surface area contributed by atoms with Crippen molar-refractivity contribution in [3.05, 3.63) is 30.5 Å². The largest absolute Gasteiger partial charge is 0.352 e. The molecule has 2 N–H and O–H groups in total. The number of hydrogen-bond donors (Lipinski definition) is 2. The summed E-state index contributed by atoms with van der Waals surface area (Å²) in [6.45, 7) is 4.00. The van der Waals surface area contributed by atoms with Gasteiger partial charge in [0.25, 0.3) is 0 Å². The van der Waals surface area contributed by atoms with Crippen molar-refractivity contribution in [3.8, 4) is 0 Å². The standard InChI is InChI=1S/C14H19N3O3S/c1-10(2)15-14(18)9-17-8-7-11-12(16-21(3,19)20)5-4-6-13(11)17/h4-8,10,16H,9H2,1-3H3,(H,15,18). The smallest absolute Gasteiger partial charge is 0.240 e. The van der Waals surface area contributed by atoms with Crippen molar-refractivity contribution >= 4 is 32.5 Å². The third kappa shape index (κ3) is 3.98. The van der Waals surface area contributed by atoms with Gasteiger partial charge in [-0.15, -0.1) is 0 Å². The molecular formula is C14H19N3O3S. The minimum absolute atomic E-state index is 0.0797. The van der Waals surface area contributed by atoms with Crippen LogP contribution in [-0.2, 0) is 21.4 Å². The molecule has 0 atom stereocenters. The van der Waals surface area contributed by atoms with Crippen LogP contribution in [0, 0.1) is 0 Å². The molecule has 1 amide bonds. The Hall–Kier alpha value is -2.02. The van der Waals surface area contributed by atoms with Gasteiger partial charge in [0.05, 0.1) is 17.5 Å². The molecule has 0 unspecified atom stereocenters. The van der Waals surface area contributed by atoms with Gasteiger partial charge in [-0.25, -0.2) is 8.42 Å². The highest BCUT2D eigenvalue weighted by Crippen LogP contribution is 2.25. The van der Waals surface area contributed by atoms with Gasteiger partial charge >= 0.3 is 0 Å². The van der Waals surface area contributed by atoms with Crippen molar-refractivity contribution in [3.63, 3.8) is 0 Å². The number of nitrogens with one attached hydrogen (secondary N) is 2. The second-order valence-electron chi connectivity index (χ2n) is 5.28. The summed E-state index contributed by atoms with van der Waals surface area (Å²) in [5.41, 5.74) is 1.32. The molecule has 0 spiro atoms. The second kappa shape index (κ2) is 5.77. The zero-order valence-electron chi connectivity index (χ0n) is 12.3. The van der Waals surface area contributed by atoms with E-state index in [1.165, 1.54) is 0 Å². The molecule has 0 bridgehead atoms. The van der Waals surface area contributed by atoms with E-state index < -0.39 is 10.0 Å². The average molecular weight is 309 g/mol. The van der Waals surface area contributed by atoms with Gasteiger partial charge in [-0.2, -0.15) is 0 Å². The lowest BCUT2D eigenvalue weighted by molar-refractivity contribution is -0.122. The predicted octanol–water partition coefficient (Wildman–Crippen LogP) is 1.54. The first kappa shape index (κ1) is 15.4. The summed E-state index contributed by atoms with van der Waals surface area (Å²) in [4.78, 5) is 11.8. The lowest BCUT2D eigenvalue weighted by Gasteiger charge is -2.10. The summed E-state index contributed by atoms with van der Waals surface area (Å²) in [6.07, 6.45) is 2.89. The summed E-state index contributed by atoms with van der Waals surface area (Å²) in [5, 5.41) is 3.59. The molecule has 0 aliphatic rings. The number of amides is 1. The van der Waals surface area contributed by atoms with E-state index in [4.69, 9.17) is 0 Å². The lowest BCUT2D eigenvalue weighted by atomic mass is 10.2. The molecule has 6 nitrogen and oxygen atoms in total. The number of rotatable bonds is 5. The molecular weight excluding hydrogens is 290 g/mol. The Bertz CT molecular complexity index is 763. The lowest BCUT2D eigenvalue weighted by Crippen LogP contribution is -2.32. The highest BCUT2D eigenvalue weighted by atomic mass is 32.2. The predicted molar refractivity (Wildman–Crippen MR) is 83.7 cm³/mol. The molecule has 0 saturated heterocycles. The minimum atomic E-state index is -3.34. The molecule has 0 radical (unpaired) electrons. The highest BCUT2D eigenvalue weighted by Gasteiger charge is 2.11. The maximum absolute atomic E-state index is 11.8. The van der Waals surface area contributed by atoms with Gasteiger partial charge in [0, 0.05) is 17.6 Å². The fourth-order valence-corrected chi connectivity index (χ4v) is 2.75. The van der Waals surface area contributed by atoms with Crippen LogP contribution < -0.4 is 10.0 Å². The van der Waals surface area contributed by atoms with E-state index in [-0.39, 0.29) is 18.5 Å². The SMILES string of the molecule is CC(C)NC(=O)Cn1ccc2c(NS(C)(=O)=O)cccc21. The van der Waals surface area contributed by atoms with E-state index in [2.05, 4.69) is 10.0 Å². The van der Waals surface area contributed by atoms with Gasteiger partial charge in [-0.1, -0.05) is 6.07 Å². The van der Waals surface area contributed by atoms with Gasteiger partial charge in [0.1, 0.15) is 6.54 Å². The number of anilines is 1. The number of sulfonamides is 1. The number of carbonyl (C=O) groups is 1. The quantitative estimate of drug-likeness (QED) is 0.879. The van der Waals surface area contributed by atoms with Gasteiger partial charge in [-0.3, -0.25) is 9.52 Å². The fourth-order valence-electron chi connectivity index (χ4n) is 2.17. The molecule has 0 aliphatic carbocycles.